The summed E-state index contributed by atoms with van der Waals surface area (Å²) in [5, 5.41) is 26.6. The van der Waals surface area contributed by atoms with Crippen LogP contribution in [0.5, 0.6) is 11.5 Å². The highest BCUT2D eigenvalue weighted by Crippen LogP contribution is 2.58. The lowest BCUT2D eigenvalue weighted by Gasteiger charge is -2.42. The largest absolute Gasteiger partial charge is 0.506 e. The number of aliphatic hydroxyl groups excluding tert-OH is 1. The van der Waals surface area contributed by atoms with E-state index in [1.165, 1.54) is 0 Å². The fourth-order valence-electron chi connectivity index (χ4n) is 12.5. The second kappa shape index (κ2) is 17.0. The SMILES string of the molecule is CCN(CC)CCOc1ccc2c(c1)C1(N=C3C(=C4C(=O)C(c5ccc6cccc7c6c5NC5(N7)c6ccccc6-c6ccc(OCCN(CC)CC)cc65)=C4O)CCc4cccc(c43)N1)c1ccccc1-2. The molecule has 2 atom stereocenters. The van der Waals surface area contributed by atoms with Crippen molar-refractivity contribution in [3.63, 3.8) is 0 Å². The zero-order valence-corrected chi connectivity index (χ0v) is 41.3. The molecule has 10 nitrogen and oxygen atoms in total. The van der Waals surface area contributed by atoms with Crippen molar-refractivity contribution >= 4 is 44.9 Å². The maximum absolute atomic E-state index is 15.3. The Hall–Kier alpha value is -7.66. The number of hydrogen-bond acceptors (Lipinski definition) is 10. The third-order valence-electron chi connectivity index (χ3n) is 16.2. The van der Waals surface area contributed by atoms with Crippen molar-refractivity contribution in [3.05, 3.63) is 189 Å². The second-order valence-corrected chi connectivity index (χ2v) is 19.7. The van der Waals surface area contributed by atoms with Crippen LogP contribution in [0.4, 0.5) is 17.1 Å². The van der Waals surface area contributed by atoms with Crippen molar-refractivity contribution in [2.24, 2.45) is 4.99 Å². The summed E-state index contributed by atoms with van der Waals surface area (Å²) >= 11 is 0. The lowest BCUT2D eigenvalue weighted by molar-refractivity contribution is -0.111. The molecule has 6 aliphatic rings. The third-order valence-corrected chi connectivity index (χ3v) is 16.2. The number of hydrogen-bond donors (Lipinski definition) is 4. The molecule has 72 heavy (non-hydrogen) atoms. The molecular formula is C62H58N6O4. The molecule has 7 aromatic rings. The molecule has 0 fully saturated rings. The van der Waals surface area contributed by atoms with Gasteiger partial charge in [0.25, 0.3) is 0 Å². The van der Waals surface area contributed by atoms with Crippen molar-refractivity contribution in [2.45, 2.75) is 51.9 Å². The molecule has 0 saturated carbocycles. The van der Waals surface area contributed by atoms with Gasteiger partial charge in [-0.3, -0.25) is 4.79 Å². The van der Waals surface area contributed by atoms with Gasteiger partial charge in [-0.25, -0.2) is 4.99 Å². The average Bonchev–Trinajstić information content (AvgIpc) is 3.82. The van der Waals surface area contributed by atoms with Gasteiger partial charge >= 0.3 is 0 Å². The quantitative estimate of drug-likeness (QED) is 0.0840. The van der Waals surface area contributed by atoms with Gasteiger partial charge in [-0.15, -0.1) is 0 Å². The van der Waals surface area contributed by atoms with E-state index >= 15 is 4.79 Å². The number of aliphatic hydroxyl groups is 1. The number of ketones is 1. The Morgan fingerprint density at radius 3 is 1.90 bits per heavy atom. The number of carbonyl (C=O) groups excluding carboxylic acids is 1. The summed E-state index contributed by atoms with van der Waals surface area (Å²) < 4.78 is 12.9. The monoisotopic (exact) mass is 950 g/mol. The van der Waals surface area contributed by atoms with E-state index < -0.39 is 11.3 Å². The van der Waals surface area contributed by atoms with Gasteiger partial charge in [0, 0.05) is 63.2 Å². The molecule has 2 aliphatic heterocycles. The van der Waals surface area contributed by atoms with Crippen LogP contribution in [0.25, 0.3) is 38.6 Å². The van der Waals surface area contributed by atoms with Crippen LogP contribution in [0.3, 0.4) is 0 Å². The number of rotatable bonds is 13. The van der Waals surface area contributed by atoms with Crippen LogP contribution in [-0.2, 0) is 22.5 Å². The summed E-state index contributed by atoms with van der Waals surface area (Å²) in [5.41, 5.74) is 14.3. The topological polar surface area (TPSA) is 111 Å². The first kappa shape index (κ1) is 44.3. The number of anilines is 3. The van der Waals surface area contributed by atoms with Crippen LogP contribution < -0.4 is 25.4 Å². The minimum atomic E-state index is -1.00. The highest BCUT2D eigenvalue weighted by molar-refractivity contribution is 6.43. The number of nitrogens with zero attached hydrogens (tertiary/aromatic N) is 3. The third kappa shape index (κ3) is 6.47. The summed E-state index contributed by atoms with van der Waals surface area (Å²) in [7, 11) is 0. The van der Waals surface area contributed by atoms with E-state index in [2.05, 4.69) is 181 Å². The number of aliphatic imine (C=N–C) groups is 1. The number of ether oxygens (including phenoxy) is 2. The number of fused-ring (bicyclic) bond motifs is 10. The number of nitrogens with one attached hydrogen (secondary N) is 3. The summed E-state index contributed by atoms with van der Waals surface area (Å²) in [4.78, 5) is 25.8. The second-order valence-electron chi connectivity index (χ2n) is 19.7. The fourth-order valence-corrected chi connectivity index (χ4v) is 12.5. The molecule has 2 spiro atoms. The first-order chi connectivity index (χ1) is 35.3. The van der Waals surface area contributed by atoms with E-state index in [0.717, 1.165) is 146 Å². The first-order valence-electron chi connectivity index (χ1n) is 25.8. The highest BCUT2D eigenvalue weighted by Gasteiger charge is 2.51. The Balaban J connectivity index is 0.931. The van der Waals surface area contributed by atoms with Crippen molar-refractivity contribution < 1.29 is 19.4 Å². The lowest BCUT2D eigenvalue weighted by Crippen LogP contribution is -2.45. The van der Waals surface area contributed by atoms with Gasteiger partial charge < -0.3 is 40.3 Å². The Morgan fingerprint density at radius 1 is 0.583 bits per heavy atom. The van der Waals surface area contributed by atoms with Gasteiger partial charge in [-0.2, -0.15) is 0 Å². The van der Waals surface area contributed by atoms with E-state index in [0.29, 0.717) is 42.8 Å². The average molecular weight is 951 g/mol. The number of allylic oxidation sites excluding steroid dienone is 3. The van der Waals surface area contributed by atoms with Crippen LogP contribution in [-0.4, -0.2) is 78.9 Å². The smallest absolute Gasteiger partial charge is 0.201 e. The predicted molar refractivity (Wildman–Crippen MR) is 290 cm³/mol. The minimum Gasteiger partial charge on any atom is -0.506 e. The molecule has 13 rings (SSSR count). The lowest BCUT2D eigenvalue weighted by atomic mass is 9.73. The van der Waals surface area contributed by atoms with Gasteiger partial charge in [0.15, 0.2) is 11.3 Å². The predicted octanol–water partition coefficient (Wildman–Crippen LogP) is 11.9. The van der Waals surface area contributed by atoms with Crippen molar-refractivity contribution in [2.75, 3.05) is 68.4 Å². The van der Waals surface area contributed by atoms with Crippen LogP contribution in [0.1, 0.15) is 73.1 Å². The van der Waals surface area contributed by atoms with Crippen molar-refractivity contribution in [3.8, 4) is 33.8 Å². The molecule has 360 valence electrons. The highest BCUT2D eigenvalue weighted by atomic mass is 16.5. The summed E-state index contributed by atoms with van der Waals surface area (Å²) in [5.74, 6) is 1.40. The van der Waals surface area contributed by atoms with Gasteiger partial charge in [-0.1, -0.05) is 125 Å². The van der Waals surface area contributed by atoms with Crippen LogP contribution >= 0.6 is 0 Å². The Labute approximate surface area is 420 Å². The van der Waals surface area contributed by atoms with Crippen molar-refractivity contribution in [1.29, 1.82) is 0 Å². The molecular weight excluding hydrogens is 893 g/mol. The molecule has 4 aliphatic carbocycles. The van der Waals surface area contributed by atoms with Gasteiger partial charge in [0.05, 0.1) is 22.5 Å². The Kier molecular flexibility index (Phi) is 10.5. The van der Waals surface area contributed by atoms with Gasteiger partial charge in [0.2, 0.25) is 5.78 Å². The minimum absolute atomic E-state index is 0.000833. The standard InChI is InChI=1S/C62H58N6O4/c1-5-67(6-2)31-33-71-39-25-29-43-41-17-9-11-19-47(41)61(49(43)35-39)63-51-21-13-15-37-23-27-45(57(65-61)53(37)51)55-59(69)56(60(55)70)46-28-24-38-16-14-22-52-54(38)58(46)66-62(64-52)48-20-12-10-18-42(48)44-30-26-40(36-50(44)62)72-34-32-68(7-3)8-4/h9-23,25-27,29-30,35-36,63-65,69H,5-8,24,28,31-34H2,1-4H3. The van der Waals surface area contributed by atoms with E-state index in [4.69, 9.17) is 14.5 Å². The summed E-state index contributed by atoms with van der Waals surface area (Å²) in [6, 6.07) is 46.4. The normalized spacial score (nSPS) is 20.4. The Bertz CT molecular complexity index is 3530. The molecule has 2 heterocycles. The molecule has 0 bridgehead atoms. The van der Waals surface area contributed by atoms with Crippen LogP contribution in [0.15, 0.2) is 155 Å². The number of benzene rings is 7. The fraction of sp³-hybridized carbons (Fsp3) is 0.258. The zero-order chi connectivity index (χ0) is 48.9. The number of likely N-dealkylation sites (N-methyl/N-ethyl adjacent to an activating group) is 2. The van der Waals surface area contributed by atoms with E-state index in [-0.39, 0.29) is 11.5 Å². The molecule has 7 aromatic carbocycles. The molecule has 0 saturated heterocycles. The summed E-state index contributed by atoms with van der Waals surface area (Å²) in [6.45, 7) is 15.4. The molecule has 0 aromatic heterocycles. The van der Waals surface area contributed by atoms with Gasteiger partial charge in [0.1, 0.15) is 30.5 Å². The number of carbonyl (C=O) groups is 1. The molecule has 2 unspecified atom stereocenters. The van der Waals surface area contributed by atoms with E-state index in [1.807, 2.05) is 6.07 Å². The molecule has 4 N–H and O–H groups in total. The molecule has 0 radical (unpaired) electrons. The first-order valence-corrected chi connectivity index (χ1v) is 25.8. The van der Waals surface area contributed by atoms with E-state index in [1.54, 1.807) is 0 Å². The number of Topliss-reactive ketones (excluding diaryl/α,β-unsaturated/α-hetero) is 1. The van der Waals surface area contributed by atoms with Crippen LogP contribution in [0.2, 0.25) is 0 Å². The molecule has 10 heteroatoms. The van der Waals surface area contributed by atoms with Crippen molar-refractivity contribution in [1.82, 2.24) is 9.80 Å². The molecule has 0 amide bonds. The summed E-state index contributed by atoms with van der Waals surface area (Å²) in [6.07, 6.45) is 1.27. The zero-order valence-electron chi connectivity index (χ0n) is 41.3. The number of aryl methyl sites for hydroxylation is 1. The van der Waals surface area contributed by atoms with Gasteiger partial charge in [-0.05, 0) is 114 Å². The maximum atomic E-state index is 15.3. The maximum Gasteiger partial charge on any atom is 0.201 e. The van der Waals surface area contributed by atoms with Crippen LogP contribution in [0, 0.1) is 0 Å². The Morgan fingerprint density at radius 2 is 1.19 bits per heavy atom. The van der Waals surface area contributed by atoms with E-state index in [9.17, 15) is 5.11 Å².